The van der Waals surface area contributed by atoms with Gasteiger partial charge in [0.1, 0.15) is 6.07 Å². The predicted molar refractivity (Wildman–Crippen MR) is 69.7 cm³/mol. The van der Waals surface area contributed by atoms with Crippen LogP contribution in [-0.2, 0) is 10.0 Å². The molecule has 0 saturated carbocycles. The van der Waals surface area contributed by atoms with Gasteiger partial charge in [0.25, 0.3) is 0 Å². The average molecular weight is 280 g/mol. The van der Waals surface area contributed by atoms with Crippen LogP contribution in [0.1, 0.15) is 18.4 Å². The zero-order valence-electron chi connectivity index (χ0n) is 10.5. The quantitative estimate of drug-likeness (QED) is 0.890. The van der Waals surface area contributed by atoms with Crippen LogP contribution in [0.3, 0.4) is 0 Å². The van der Waals surface area contributed by atoms with E-state index in [2.05, 4.69) is 0 Å². The van der Waals surface area contributed by atoms with Crippen molar-refractivity contribution in [3.05, 3.63) is 29.8 Å². The Morgan fingerprint density at radius 2 is 2.16 bits per heavy atom. The number of aliphatic hydroxyl groups is 1. The molecule has 1 fully saturated rings. The molecule has 1 unspecified atom stereocenters. The third-order valence-electron chi connectivity index (χ3n) is 3.41. The molecule has 6 heteroatoms. The second-order valence-electron chi connectivity index (χ2n) is 4.64. The number of rotatable bonds is 4. The first-order valence-electron chi connectivity index (χ1n) is 6.19. The van der Waals surface area contributed by atoms with Gasteiger partial charge in [-0.25, -0.2) is 8.42 Å². The number of hydrogen-bond donors (Lipinski definition) is 1. The highest BCUT2D eigenvalue weighted by atomic mass is 32.2. The van der Waals surface area contributed by atoms with Crippen molar-refractivity contribution in [3.8, 4) is 6.07 Å². The van der Waals surface area contributed by atoms with Crippen LogP contribution in [0.4, 0.5) is 0 Å². The number of sulfonamides is 1. The molecule has 0 radical (unpaired) electrons. The molecule has 0 spiro atoms. The Balaban J connectivity index is 2.27. The number of nitrogens with zero attached hydrogens (tertiary/aromatic N) is 2. The summed E-state index contributed by atoms with van der Waals surface area (Å²) in [6.45, 7) is 0.947. The van der Waals surface area contributed by atoms with E-state index in [1.165, 1.54) is 16.4 Å². The van der Waals surface area contributed by atoms with E-state index in [4.69, 9.17) is 10.4 Å². The smallest absolute Gasteiger partial charge is 0.244 e. The molecule has 5 nitrogen and oxygen atoms in total. The standard InChI is InChI=1S/C13H16N2O3S/c14-9-12-3-1-2-4-13(12)19(17,18)15-7-5-11(10-15)6-8-16/h1-4,11,16H,5-8,10H2. The molecule has 102 valence electrons. The van der Waals surface area contributed by atoms with Crippen molar-refractivity contribution in [2.45, 2.75) is 17.7 Å². The van der Waals surface area contributed by atoms with Crippen LogP contribution >= 0.6 is 0 Å². The highest BCUT2D eigenvalue weighted by molar-refractivity contribution is 7.89. The molecule has 2 rings (SSSR count). The van der Waals surface area contributed by atoms with Gasteiger partial charge in [0.05, 0.1) is 10.5 Å². The zero-order chi connectivity index (χ0) is 13.9. The van der Waals surface area contributed by atoms with Crippen LogP contribution in [0, 0.1) is 17.2 Å². The van der Waals surface area contributed by atoms with Crippen molar-refractivity contribution in [2.24, 2.45) is 5.92 Å². The first-order chi connectivity index (χ1) is 9.09. The third-order valence-corrected chi connectivity index (χ3v) is 5.33. The highest BCUT2D eigenvalue weighted by Gasteiger charge is 2.33. The number of nitriles is 1. The van der Waals surface area contributed by atoms with Crippen molar-refractivity contribution in [2.75, 3.05) is 19.7 Å². The Hall–Kier alpha value is -1.42. The summed E-state index contributed by atoms with van der Waals surface area (Å²) in [6, 6.07) is 8.16. The highest BCUT2D eigenvalue weighted by Crippen LogP contribution is 2.27. The Labute approximate surface area is 113 Å². The third kappa shape index (κ3) is 2.78. The van der Waals surface area contributed by atoms with Crippen LogP contribution in [0.5, 0.6) is 0 Å². The monoisotopic (exact) mass is 280 g/mol. The Morgan fingerprint density at radius 3 is 2.84 bits per heavy atom. The minimum Gasteiger partial charge on any atom is -0.396 e. The van der Waals surface area contributed by atoms with Gasteiger partial charge in [0.2, 0.25) is 10.0 Å². The lowest BCUT2D eigenvalue weighted by molar-refractivity contribution is 0.259. The van der Waals surface area contributed by atoms with Crippen LogP contribution in [0.15, 0.2) is 29.2 Å². The maximum atomic E-state index is 12.5. The molecule has 1 aliphatic rings. The topological polar surface area (TPSA) is 81.4 Å². The number of aliphatic hydroxyl groups excluding tert-OH is 1. The second-order valence-corrected chi connectivity index (χ2v) is 6.54. The van der Waals surface area contributed by atoms with E-state index in [0.29, 0.717) is 19.5 Å². The Bertz CT molecular complexity index is 592. The number of benzene rings is 1. The molecule has 1 saturated heterocycles. The van der Waals surface area contributed by atoms with Crippen LogP contribution in [0.25, 0.3) is 0 Å². The van der Waals surface area contributed by atoms with Crippen LogP contribution < -0.4 is 0 Å². The van der Waals surface area contributed by atoms with E-state index >= 15 is 0 Å². The molecule has 1 heterocycles. The molecule has 0 amide bonds. The van der Waals surface area contributed by atoms with E-state index in [1.54, 1.807) is 12.1 Å². The Kier molecular flexibility index (Phi) is 4.20. The van der Waals surface area contributed by atoms with Crippen molar-refractivity contribution in [1.29, 1.82) is 5.26 Å². The van der Waals surface area contributed by atoms with E-state index in [-0.39, 0.29) is 23.0 Å². The lowest BCUT2D eigenvalue weighted by Crippen LogP contribution is -2.29. The maximum Gasteiger partial charge on any atom is 0.244 e. The summed E-state index contributed by atoms with van der Waals surface area (Å²) in [5.74, 6) is 0.203. The van der Waals surface area contributed by atoms with Gasteiger partial charge in [0, 0.05) is 19.7 Å². The van der Waals surface area contributed by atoms with Crippen molar-refractivity contribution >= 4 is 10.0 Å². The molecular weight excluding hydrogens is 264 g/mol. The SMILES string of the molecule is N#Cc1ccccc1S(=O)(=O)N1CCC(CCO)C1. The van der Waals surface area contributed by atoms with E-state index < -0.39 is 10.0 Å². The average Bonchev–Trinajstić information content (AvgIpc) is 2.88. The fraction of sp³-hybridized carbons (Fsp3) is 0.462. The first-order valence-corrected chi connectivity index (χ1v) is 7.63. The first kappa shape index (κ1) is 14.0. The summed E-state index contributed by atoms with van der Waals surface area (Å²) in [5.41, 5.74) is 0.174. The molecule has 1 aromatic carbocycles. The lowest BCUT2D eigenvalue weighted by atomic mass is 10.1. The largest absolute Gasteiger partial charge is 0.396 e. The molecule has 1 N–H and O–H groups in total. The van der Waals surface area contributed by atoms with Gasteiger partial charge in [-0.3, -0.25) is 0 Å². The second kappa shape index (κ2) is 5.70. The molecule has 0 aromatic heterocycles. The van der Waals surface area contributed by atoms with Gasteiger partial charge >= 0.3 is 0 Å². The van der Waals surface area contributed by atoms with Gasteiger partial charge in [-0.15, -0.1) is 0 Å². The zero-order valence-corrected chi connectivity index (χ0v) is 11.3. The summed E-state index contributed by atoms with van der Waals surface area (Å²) >= 11 is 0. The molecule has 1 atom stereocenters. The summed E-state index contributed by atoms with van der Waals surface area (Å²) < 4.78 is 26.4. The van der Waals surface area contributed by atoms with Crippen LogP contribution in [0.2, 0.25) is 0 Å². The summed E-state index contributed by atoms with van der Waals surface area (Å²) in [7, 11) is -3.60. The molecule has 0 bridgehead atoms. The molecule has 1 aliphatic heterocycles. The van der Waals surface area contributed by atoms with E-state index in [1.807, 2.05) is 6.07 Å². The van der Waals surface area contributed by atoms with E-state index in [0.717, 1.165) is 6.42 Å². The minimum absolute atomic E-state index is 0.0714. The molecule has 19 heavy (non-hydrogen) atoms. The molecule has 1 aromatic rings. The van der Waals surface area contributed by atoms with E-state index in [9.17, 15) is 8.42 Å². The summed E-state index contributed by atoms with van der Waals surface area (Å²) in [5, 5.41) is 17.9. The van der Waals surface area contributed by atoms with Gasteiger partial charge in [-0.05, 0) is 30.9 Å². The normalized spacial score (nSPS) is 20.3. The number of hydrogen-bond acceptors (Lipinski definition) is 4. The van der Waals surface area contributed by atoms with Crippen molar-refractivity contribution in [3.63, 3.8) is 0 Å². The Morgan fingerprint density at radius 1 is 1.42 bits per heavy atom. The van der Waals surface area contributed by atoms with Gasteiger partial charge in [0.15, 0.2) is 0 Å². The summed E-state index contributed by atoms with van der Waals surface area (Å²) in [4.78, 5) is 0.0714. The van der Waals surface area contributed by atoms with Crippen molar-refractivity contribution < 1.29 is 13.5 Å². The van der Waals surface area contributed by atoms with Crippen molar-refractivity contribution in [1.82, 2.24) is 4.31 Å². The molecular formula is C13H16N2O3S. The minimum atomic E-state index is -3.60. The maximum absolute atomic E-state index is 12.5. The van der Waals surface area contributed by atoms with Gasteiger partial charge in [-0.2, -0.15) is 9.57 Å². The predicted octanol–water partition coefficient (Wildman–Crippen LogP) is 0.951. The lowest BCUT2D eigenvalue weighted by Gasteiger charge is -2.17. The van der Waals surface area contributed by atoms with Crippen LogP contribution in [-0.4, -0.2) is 37.5 Å². The fourth-order valence-corrected chi connectivity index (χ4v) is 4.03. The van der Waals surface area contributed by atoms with Gasteiger partial charge in [-0.1, -0.05) is 12.1 Å². The summed E-state index contributed by atoms with van der Waals surface area (Å²) in [6.07, 6.45) is 1.38. The van der Waals surface area contributed by atoms with Gasteiger partial charge < -0.3 is 5.11 Å². The fourth-order valence-electron chi connectivity index (χ4n) is 2.36. The molecule has 0 aliphatic carbocycles.